The van der Waals surface area contributed by atoms with Crippen LogP contribution in [0.1, 0.15) is 32.8 Å². The largest absolute Gasteiger partial charge is 0.481 e. The van der Waals surface area contributed by atoms with Crippen LogP contribution >= 0.6 is 0 Å². The first-order chi connectivity index (χ1) is 11.6. The van der Waals surface area contributed by atoms with Gasteiger partial charge in [0, 0.05) is 20.1 Å². The van der Waals surface area contributed by atoms with Crippen LogP contribution in [0.4, 0.5) is 10.5 Å². The Morgan fingerprint density at radius 2 is 1.96 bits per heavy atom. The number of nitrogens with zero attached hydrogens (tertiary/aromatic N) is 3. The molecule has 0 saturated carbocycles. The van der Waals surface area contributed by atoms with Gasteiger partial charge in [-0.05, 0) is 32.9 Å². The molecule has 25 heavy (non-hydrogen) atoms. The van der Waals surface area contributed by atoms with Crippen LogP contribution in [0.5, 0.6) is 0 Å². The molecule has 0 spiro atoms. The third-order valence-electron chi connectivity index (χ3n) is 4.20. The molecule has 0 unspecified atom stereocenters. The molecule has 1 aliphatic rings. The van der Waals surface area contributed by atoms with Gasteiger partial charge in [-0.3, -0.25) is 4.79 Å². The Kier molecular flexibility index (Phi) is 4.93. The van der Waals surface area contributed by atoms with Gasteiger partial charge < -0.3 is 19.6 Å². The van der Waals surface area contributed by atoms with E-state index in [1.54, 1.807) is 57.0 Å². The summed E-state index contributed by atoms with van der Waals surface area (Å²) in [5.41, 5.74) is -0.266. The van der Waals surface area contributed by atoms with Gasteiger partial charge in [0.1, 0.15) is 11.7 Å². The third-order valence-corrected chi connectivity index (χ3v) is 4.20. The van der Waals surface area contributed by atoms with Crippen molar-refractivity contribution in [3.05, 3.63) is 29.8 Å². The lowest BCUT2D eigenvalue weighted by molar-refractivity contribution is -0.140. The average Bonchev–Trinajstić information content (AvgIpc) is 2.47. The maximum Gasteiger partial charge on any atom is 0.410 e. The lowest BCUT2D eigenvalue weighted by atomic mass is 9.84. The maximum absolute atomic E-state index is 12.2. The van der Waals surface area contributed by atoms with Crippen molar-refractivity contribution >= 4 is 17.7 Å². The van der Waals surface area contributed by atoms with Crippen molar-refractivity contribution in [3.63, 3.8) is 0 Å². The molecule has 0 aromatic heterocycles. The highest BCUT2D eigenvalue weighted by molar-refractivity contribution is 5.75. The van der Waals surface area contributed by atoms with Gasteiger partial charge in [0.25, 0.3) is 0 Å². The van der Waals surface area contributed by atoms with Crippen molar-refractivity contribution in [2.45, 2.75) is 38.3 Å². The van der Waals surface area contributed by atoms with Crippen molar-refractivity contribution < 1.29 is 19.4 Å². The molecule has 1 aliphatic heterocycles. The molecule has 0 aliphatic carbocycles. The van der Waals surface area contributed by atoms with Crippen molar-refractivity contribution in [2.75, 3.05) is 25.0 Å². The average molecular weight is 345 g/mol. The molecule has 7 nitrogen and oxygen atoms in total. The first kappa shape index (κ1) is 18.6. The van der Waals surface area contributed by atoms with Crippen LogP contribution in [0.25, 0.3) is 0 Å². The van der Waals surface area contributed by atoms with Crippen LogP contribution in [-0.4, -0.2) is 53.3 Å². The molecule has 1 aromatic rings. The number of nitriles is 1. The molecule has 0 radical (unpaired) electrons. The fourth-order valence-electron chi connectivity index (χ4n) is 2.96. The molecule has 1 saturated heterocycles. The van der Waals surface area contributed by atoms with E-state index >= 15 is 0 Å². The lowest BCUT2D eigenvalue weighted by Gasteiger charge is -2.54. The summed E-state index contributed by atoms with van der Waals surface area (Å²) >= 11 is 0. The van der Waals surface area contributed by atoms with Crippen LogP contribution in [-0.2, 0) is 9.53 Å². The summed E-state index contributed by atoms with van der Waals surface area (Å²) in [4.78, 5) is 26.8. The minimum Gasteiger partial charge on any atom is -0.481 e. The Labute approximate surface area is 147 Å². The first-order valence-electron chi connectivity index (χ1n) is 8.01. The smallest absolute Gasteiger partial charge is 0.410 e. The molecule has 2 rings (SSSR count). The zero-order valence-electron chi connectivity index (χ0n) is 14.9. The quantitative estimate of drug-likeness (QED) is 0.901. The zero-order chi connectivity index (χ0) is 18.8. The number of carbonyl (C=O) groups is 2. The number of benzene rings is 1. The van der Waals surface area contributed by atoms with E-state index in [0.29, 0.717) is 11.3 Å². The van der Waals surface area contributed by atoms with Crippen molar-refractivity contribution in [3.8, 4) is 6.07 Å². The van der Waals surface area contributed by atoms with E-state index in [1.807, 2.05) is 0 Å². The number of hydrogen-bond acceptors (Lipinski definition) is 5. The normalized spacial score (nSPS) is 15.7. The van der Waals surface area contributed by atoms with Gasteiger partial charge in [0.15, 0.2) is 0 Å². The highest BCUT2D eigenvalue weighted by Gasteiger charge is 2.51. The molecular formula is C18H23N3O4. The summed E-state index contributed by atoms with van der Waals surface area (Å²) in [6.07, 6.45) is -0.599. The van der Waals surface area contributed by atoms with E-state index < -0.39 is 23.2 Å². The van der Waals surface area contributed by atoms with E-state index in [-0.39, 0.29) is 19.5 Å². The van der Waals surface area contributed by atoms with Gasteiger partial charge in [-0.25, -0.2) is 4.79 Å². The Balaban J connectivity index is 2.23. The van der Waals surface area contributed by atoms with Gasteiger partial charge in [-0.1, -0.05) is 12.1 Å². The number of likely N-dealkylation sites (N-methyl/N-ethyl adjacent to an activating group) is 1. The molecule has 1 fully saturated rings. The second-order valence-electron chi connectivity index (χ2n) is 7.32. The Bertz CT molecular complexity index is 712. The molecule has 1 amide bonds. The molecule has 134 valence electrons. The summed E-state index contributed by atoms with van der Waals surface area (Å²) in [6, 6.07) is 9.14. The Hall–Kier alpha value is -2.75. The Morgan fingerprint density at radius 3 is 2.48 bits per heavy atom. The molecule has 0 atom stereocenters. The van der Waals surface area contributed by atoms with Crippen LogP contribution < -0.4 is 4.90 Å². The molecule has 7 heteroatoms. The van der Waals surface area contributed by atoms with Crippen molar-refractivity contribution in [1.82, 2.24) is 4.90 Å². The van der Waals surface area contributed by atoms with Crippen molar-refractivity contribution in [1.29, 1.82) is 5.26 Å². The summed E-state index contributed by atoms with van der Waals surface area (Å²) in [5.74, 6) is -0.954. The number of para-hydroxylation sites is 1. The van der Waals surface area contributed by atoms with E-state index in [4.69, 9.17) is 4.74 Å². The number of rotatable bonds is 4. The standard InChI is InChI=1S/C18H23N3O4/c1-17(2,3)25-16(24)21-11-18(12-21,9-15(22)23)20(4)14-8-6-5-7-13(14)10-19/h5-8H,9,11-12H2,1-4H3,(H,22,23). The van der Waals surface area contributed by atoms with Gasteiger partial charge in [-0.15, -0.1) is 0 Å². The van der Waals surface area contributed by atoms with Crippen LogP contribution in [0, 0.1) is 11.3 Å². The lowest BCUT2D eigenvalue weighted by Crippen LogP contribution is -2.71. The summed E-state index contributed by atoms with van der Waals surface area (Å²) < 4.78 is 5.34. The number of likely N-dealkylation sites (tertiary alicyclic amines) is 1. The fourth-order valence-corrected chi connectivity index (χ4v) is 2.96. The number of carbonyl (C=O) groups excluding carboxylic acids is 1. The summed E-state index contributed by atoms with van der Waals surface area (Å²) in [6.45, 7) is 5.80. The fraction of sp³-hybridized carbons (Fsp3) is 0.500. The van der Waals surface area contributed by atoms with Gasteiger partial charge >= 0.3 is 12.1 Å². The van der Waals surface area contributed by atoms with Gasteiger partial charge in [0.2, 0.25) is 0 Å². The predicted octanol–water partition coefficient (Wildman–Crippen LogP) is 2.46. The van der Waals surface area contributed by atoms with Crippen LogP contribution in [0.2, 0.25) is 0 Å². The Morgan fingerprint density at radius 1 is 1.36 bits per heavy atom. The second kappa shape index (κ2) is 6.63. The van der Waals surface area contributed by atoms with E-state index in [1.165, 1.54) is 4.90 Å². The number of amides is 1. The molecule has 0 bridgehead atoms. The minimum absolute atomic E-state index is 0.136. The monoisotopic (exact) mass is 345 g/mol. The molecular weight excluding hydrogens is 322 g/mol. The summed E-state index contributed by atoms with van der Waals surface area (Å²) in [7, 11) is 1.76. The van der Waals surface area contributed by atoms with Crippen LogP contribution in [0.15, 0.2) is 24.3 Å². The highest BCUT2D eigenvalue weighted by atomic mass is 16.6. The maximum atomic E-state index is 12.2. The number of anilines is 1. The minimum atomic E-state index is -0.954. The highest BCUT2D eigenvalue weighted by Crippen LogP contribution is 2.36. The number of carboxylic acids is 1. The predicted molar refractivity (Wildman–Crippen MR) is 92.4 cm³/mol. The van der Waals surface area contributed by atoms with Crippen LogP contribution in [0.3, 0.4) is 0 Å². The number of ether oxygens (including phenoxy) is 1. The number of carboxylic acid groups (broad SMARTS) is 1. The first-order valence-corrected chi connectivity index (χ1v) is 8.01. The number of aliphatic carboxylic acids is 1. The molecule has 1 heterocycles. The summed E-state index contributed by atoms with van der Waals surface area (Å²) in [5, 5.41) is 18.6. The number of hydrogen-bond donors (Lipinski definition) is 1. The van der Waals surface area contributed by atoms with Crippen molar-refractivity contribution in [2.24, 2.45) is 0 Å². The molecule has 1 N–H and O–H groups in total. The van der Waals surface area contributed by atoms with E-state index in [2.05, 4.69) is 6.07 Å². The zero-order valence-corrected chi connectivity index (χ0v) is 14.9. The van der Waals surface area contributed by atoms with E-state index in [0.717, 1.165) is 0 Å². The molecule has 1 aromatic carbocycles. The second-order valence-corrected chi connectivity index (χ2v) is 7.32. The SMILES string of the molecule is CN(c1ccccc1C#N)C1(CC(=O)O)CN(C(=O)OC(C)(C)C)C1. The third kappa shape index (κ3) is 4.02. The topological polar surface area (TPSA) is 93.9 Å². The van der Waals surface area contributed by atoms with E-state index in [9.17, 15) is 20.0 Å². The van der Waals surface area contributed by atoms with Gasteiger partial charge in [-0.2, -0.15) is 5.26 Å². The van der Waals surface area contributed by atoms with Gasteiger partial charge in [0.05, 0.1) is 23.2 Å².